The Labute approximate surface area is 118 Å². The van der Waals surface area contributed by atoms with Gasteiger partial charge in [-0.3, -0.25) is 5.32 Å². The molecule has 104 valence electrons. The molecule has 19 heavy (non-hydrogen) atoms. The average Bonchev–Trinajstić information content (AvgIpc) is 2.78. The summed E-state index contributed by atoms with van der Waals surface area (Å²) in [6, 6.07) is 8.27. The van der Waals surface area contributed by atoms with Crippen LogP contribution < -0.4 is 10.6 Å². The van der Waals surface area contributed by atoms with Gasteiger partial charge in [-0.05, 0) is 37.6 Å². The van der Waals surface area contributed by atoms with Crippen LogP contribution in [0.25, 0.3) is 0 Å². The molecule has 1 amide bonds. The van der Waals surface area contributed by atoms with Gasteiger partial charge in [-0.25, -0.2) is 4.79 Å². The molecule has 0 saturated carbocycles. The molecule has 1 heterocycles. The Bertz CT molecular complexity index is 422. The monoisotopic (exact) mass is 280 g/mol. The molecule has 0 aliphatic carbocycles. The third kappa shape index (κ3) is 4.35. The summed E-state index contributed by atoms with van der Waals surface area (Å²) >= 11 is 2.01. The van der Waals surface area contributed by atoms with Gasteiger partial charge in [0.1, 0.15) is 0 Å². The van der Waals surface area contributed by atoms with E-state index in [0.29, 0.717) is 12.6 Å². The third-order valence-electron chi connectivity index (χ3n) is 2.98. The van der Waals surface area contributed by atoms with Crippen LogP contribution >= 0.6 is 11.8 Å². The number of carbonyl (C=O) groups is 1. The number of benzene rings is 1. The fourth-order valence-corrected chi connectivity index (χ4v) is 3.24. The molecule has 2 rings (SSSR count). The number of carbonyl (C=O) groups excluding carboxylic acids is 1. The van der Waals surface area contributed by atoms with E-state index in [4.69, 9.17) is 4.74 Å². The zero-order valence-corrected chi connectivity index (χ0v) is 12.1. The van der Waals surface area contributed by atoms with E-state index < -0.39 is 6.09 Å². The number of hydrogen-bond donors (Lipinski definition) is 2. The molecule has 1 aromatic rings. The van der Waals surface area contributed by atoms with Crippen molar-refractivity contribution in [1.29, 1.82) is 0 Å². The maximum absolute atomic E-state index is 11.3. The topological polar surface area (TPSA) is 50.4 Å². The highest BCUT2D eigenvalue weighted by atomic mass is 32.2. The fourth-order valence-electron chi connectivity index (χ4n) is 2.09. The van der Waals surface area contributed by atoms with Crippen LogP contribution in [0, 0.1) is 0 Å². The number of nitrogens with one attached hydrogen (secondary N) is 2. The summed E-state index contributed by atoms with van der Waals surface area (Å²) in [7, 11) is 0. The van der Waals surface area contributed by atoms with Gasteiger partial charge in [-0.1, -0.05) is 6.92 Å². The number of ether oxygens (including phenoxy) is 1. The molecule has 1 aliphatic rings. The first-order valence-corrected chi connectivity index (χ1v) is 7.64. The minimum atomic E-state index is -0.413. The summed E-state index contributed by atoms with van der Waals surface area (Å²) in [5.74, 6) is 1.16. The highest BCUT2D eigenvalue weighted by molar-refractivity contribution is 8.00. The number of thioether (sulfide) groups is 1. The van der Waals surface area contributed by atoms with E-state index in [1.54, 1.807) is 6.92 Å². The summed E-state index contributed by atoms with van der Waals surface area (Å²) in [4.78, 5) is 11.3. The molecule has 5 heteroatoms. The van der Waals surface area contributed by atoms with Crippen molar-refractivity contribution in [2.75, 3.05) is 23.0 Å². The molecule has 2 unspecified atom stereocenters. The fraction of sp³-hybridized carbons (Fsp3) is 0.500. The minimum Gasteiger partial charge on any atom is -0.450 e. The molecule has 0 bridgehead atoms. The molecule has 0 spiro atoms. The van der Waals surface area contributed by atoms with Gasteiger partial charge >= 0.3 is 6.09 Å². The Morgan fingerprint density at radius 1 is 1.37 bits per heavy atom. The van der Waals surface area contributed by atoms with E-state index in [-0.39, 0.29) is 0 Å². The second-order valence-electron chi connectivity index (χ2n) is 4.64. The lowest BCUT2D eigenvalue weighted by atomic mass is 10.2. The maximum atomic E-state index is 11.3. The Morgan fingerprint density at radius 3 is 2.63 bits per heavy atom. The van der Waals surface area contributed by atoms with E-state index in [1.165, 1.54) is 6.42 Å². The number of amides is 1. The summed E-state index contributed by atoms with van der Waals surface area (Å²) in [6.07, 6.45) is 0.789. The second kappa shape index (κ2) is 6.70. The number of hydrogen-bond acceptors (Lipinski definition) is 4. The van der Waals surface area contributed by atoms with Crippen LogP contribution in [0.2, 0.25) is 0 Å². The molecule has 0 aromatic heterocycles. The molecule has 2 atom stereocenters. The van der Waals surface area contributed by atoms with Gasteiger partial charge in [0.15, 0.2) is 0 Å². The molecule has 1 aliphatic heterocycles. The van der Waals surface area contributed by atoms with Crippen molar-refractivity contribution in [3.63, 3.8) is 0 Å². The summed E-state index contributed by atoms with van der Waals surface area (Å²) < 4.78 is 4.83. The van der Waals surface area contributed by atoms with Crippen LogP contribution in [0.1, 0.15) is 20.3 Å². The van der Waals surface area contributed by atoms with E-state index >= 15 is 0 Å². The third-order valence-corrected chi connectivity index (χ3v) is 4.33. The van der Waals surface area contributed by atoms with Crippen LogP contribution in [-0.2, 0) is 4.74 Å². The second-order valence-corrected chi connectivity index (χ2v) is 6.12. The smallest absolute Gasteiger partial charge is 0.411 e. The first kappa shape index (κ1) is 14.1. The van der Waals surface area contributed by atoms with Crippen molar-refractivity contribution in [1.82, 2.24) is 0 Å². The zero-order chi connectivity index (χ0) is 13.7. The highest BCUT2D eigenvalue weighted by Crippen LogP contribution is 2.28. The van der Waals surface area contributed by atoms with Gasteiger partial charge < -0.3 is 10.1 Å². The van der Waals surface area contributed by atoms with E-state index in [9.17, 15) is 4.79 Å². The predicted molar refractivity (Wildman–Crippen MR) is 81.0 cm³/mol. The summed E-state index contributed by atoms with van der Waals surface area (Å²) in [5.41, 5.74) is 1.84. The average molecular weight is 280 g/mol. The van der Waals surface area contributed by atoms with Crippen LogP contribution in [0.3, 0.4) is 0 Å². The highest BCUT2D eigenvalue weighted by Gasteiger charge is 2.21. The van der Waals surface area contributed by atoms with Gasteiger partial charge in [0.2, 0.25) is 0 Å². The normalized spacial score (nSPS) is 22.0. The molecular formula is C14H20N2O2S. The first-order valence-electron chi connectivity index (χ1n) is 6.59. The molecule has 1 aromatic carbocycles. The lowest BCUT2D eigenvalue weighted by molar-refractivity contribution is 0.168. The largest absolute Gasteiger partial charge is 0.450 e. The molecular weight excluding hydrogens is 260 g/mol. The number of rotatable bonds is 4. The van der Waals surface area contributed by atoms with Gasteiger partial charge in [0.05, 0.1) is 6.61 Å². The van der Waals surface area contributed by atoms with E-state index in [1.807, 2.05) is 36.0 Å². The van der Waals surface area contributed by atoms with Crippen LogP contribution in [0.4, 0.5) is 16.2 Å². The molecule has 2 N–H and O–H groups in total. The van der Waals surface area contributed by atoms with Gasteiger partial charge in [-0.15, -0.1) is 0 Å². The Hall–Kier alpha value is -1.36. The Kier molecular flexibility index (Phi) is 4.96. The summed E-state index contributed by atoms with van der Waals surface area (Å²) in [6.45, 7) is 4.43. The van der Waals surface area contributed by atoms with Gasteiger partial charge in [0.25, 0.3) is 0 Å². The Morgan fingerprint density at radius 2 is 2.05 bits per heavy atom. The van der Waals surface area contributed by atoms with Crippen molar-refractivity contribution in [2.45, 2.75) is 31.6 Å². The van der Waals surface area contributed by atoms with Crippen molar-refractivity contribution in [3.05, 3.63) is 24.3 Å². The summed E-state index contributed by atoms with van der Waals surface area (Å²) in [5, 5.41) is 6.93. The molecule has 0 radical (unpaired) electrons. The predicted octanol–water partition coefficient (Wildman–Crippen LogP) is 3.56. The molecule has 1 saturated heterocycles. The van der Waals surface area contributed by atoms with Crippen molar-refractivity contribution < 1.29 is 9.53 Å². The van der Waals surface area contributed by atoms with Crippen molar-refractivity contribution in [2.24, 2.45) is 0 Å². The van der Waals surface area contributed by atoms with E-state index in [2.05, 4.69) is 17.6 Å². The lowest BCUT2D eigenvalue weighted by Crippen LogP contribution is -2.19. The minimum absolute atomic E-state index is 0.378. The molecule has 4 nitrogen and oxygen atoms in total. The zero-order valence-electron chi connectivity index (χ0n) is 11.3. The number of anilines is 2. The quantitative estimate of drug-likeness (QED) is 0.885. The van der Waals surface area contributed by atoms with Crippen LogP contribution in [0.5, 0.6) is 0 Å². The van der Waals surface area contributed by atoms with Crippen molar-refractivity contribution in [3.8, 4) is 0 Å². The van der Waals surface area contributed by atoms with Crippen LogP contribution in [0.15, 0.2) is 24.3 Å². The molecule has 1 fully saturated rings. The maximum Gasteiger partial charge on any atom is 0.411 e. The van der Waals surface area contributed by atoms with Crippen LogP contribution in [-0.4, -0.2) is 29.7 Å². The van der Waals surface area contributed by atoms with E-state index in [0.717, 1.165) is 22.4 Å². The van der Waals surface area contributed by atoms with Crippen molar-refractivity contribution >= 4 is 29.2 Å². The standard InChI is InChI=1S/C14H20N2O2S/c1-3-18-14(17)16-12-6-4-11(5-7-12)15-13-8-10(2)19-9-13/h4-7,10,13,15H,3,8-9H2,1-2H3,(H,16,17). The van der Waals surface area contributed by atoms with Gasteiger partial charge in [0, 0.05) is 28.4 Å². The van der Waals surface area contributed by atoms with Gasteiger partial charge in [-0.2, -0.15) is 11.8 Å². The first-order chi connectivity index (χ1) is 9.17. The SMILES string of the molecule is CCOC(=O)Nc1ccc(NC2CSC(C)C2)cc1. The lowest BCUT2D eigenvalue weighted by Gasteiger charge is -2.13. The Balaban J connectivity index is 1.86.